The quantitative estimate of drug-likeness (QED) is 0.913. The molecule has 1 aliphatic carbocycles. The van der Waals surface area contributed by atoms with Crippen LogP contribution in [-0.2, 0) is 0 Å². The van der Waals surface area contributed by atoms with Crippen LogP contribution in [0.2, 0.25) is 0 Å². The molecule has 4 rings (SSSR count). The van der Waals surface area contributed by atoms with Gasteiger partial charge in [0, 0.05) is 13.1 Å². The Labute approximate surface area is 117 Å². The maximum atomic E-state index is 12.7. The number of hydrogen-bond acceptors (Lipinski definition) is 3. The van der Waals surface area contributed by atoms with Gasteiger partial charge in [0.2, 0.25) is 0 Å². The van der Waals surface area contributed by atoms with E-state index in [0.29, 0.717) is 28.9 Å². The molecule has 2 atom stereocenters. The molecule has 5 heteroatoms. The van der Waals surface area contributed by atoms with Crippen molar-refractivity contribution in [1.82, 2.24) is 15.1 Å². The van der Waals surface area contributed by atoms with E-state index in [1.807, 2.05) is 17.0 Å². The highest BCUT2D eigenvalue weighted by atomic mass is 16.3. The van der Waals surface area contributed by atoms with Crippen LogP contribution in [0.3, 0.4) is 0 Å². The fraction of sp³-hybridized carbons (Fsp3) is 0.467. The minimum absolute atomic E-state index is 0.0690. The maximum absolute atomic E-state index is 12.7. The number of rotatable bonds is 2. The average Bonchev–Trinajstić information content (AvgIpc) is 3.19. The minimum Gasteiger partial charge on any atom is -0.463 e. The number of nitrogens with zero attached hydrogens (tertiary/aromatic N) is 2. The number of fused-ring (bicyclic) bond motifs is 1. The normalized spacial score (nSPS) is 25.1. The largest absolute Gasteiger partial charge is 0.463 e. The number of carbonyl (C=O) groups excluding carboxylic acids is 1. The van der Waals surface area contributed by atoms with Crippen molar-refractivity contribution in [3.05, 3.63) is 30.2 Å². The first-order chi connectivity index (χ1) is 9.83. The summed E-state index contributed by atoms with van der Waals surface area (Å²) in [4.78, 5) is 14.7. The molecule has 2 aliphatic rings. The van der Waals surface area contributed by atoms with Crippen LogP contribution in [0.1, 0.15) is 29.6 Å². The van der Waals surface area contributed by atoms with Gasteiger partial charge in [0.15, 0.2) is 5.76 Å². The van der Waals surface area contributed by atoms with Gasteiger partial charge in [-0.1, -0.05) is 6.42 Å². The lowest BCUT2D eigenvalue weighted by atomic mass is 10.0. The molecule has 1 aliphatic heterocycles. The molecule has 2 aromatic rings. The van der Waals surface area contributed by atoms with Crippen molar-refractivity contribution in [3.63, 3.8) is 0 Å². The van der Waals surface area contributed by atoms with Crippen LogP contribution in [0.15, 0.2) is 29.0 Å². The monoisotopic (exact) mass is 271 g/mol. The standard InChI is InChI=1S/C15H17N3O2/c19-15(18-8-10-3-1-4-11(10)9-18)12-7-16-17-14(12)13-5-2-6-20-13/h2,5-7,10-11H,1,3-4,8-9H2,(H,16,17)/t10-,11+. The van der Waals surface area contributed by atoms with Gasteiger partial charge in [0.05, 0.1) is 18.0 Å². The molecular formula is C15H17N3O2. The number of hydrogen-bond donors (Lipinski definition) is 1. The van der Waals surface area contributed by atoms with Crippen LogP contribution in [0.25, 0.3) is 11.5 Å². The third-order valence-corrected chi connectivity index (χ3v) is 4.65. The van der Waals surface area contributed by atoms with Gasteiger partial charge in [-0.15, -0.1) is 0 Å². The number of aromatic nitrogens is 2. The number of H-pyrrole nitrogens is 1. The molecule has 1 amide bonds. The molecule has 104 valence electrons. The zero-order valence-corrected chi connectivity index (χ0v) is 11.2. The summed E-state index contributed by atoms with van der Waals surface area (Å²) >= 11 is 0. The lowest BCUT2D eigenvalue weighted by Crippen LogP contribution is -2.29. The molecule has 0 radical (unpaired) electrons. The molecule has 1 saturated heterocycles. The topological polar surface area (TPSA) is 62.1 Å². The first-order valence-electron chi connectivity index (χ1n) is 7.19. The van der Waals surface area contributed by atoms with Gasteiger partial charge >= 0.3 is 0 Å². The summed E-state index contributed by atoms with van der Waals surface area (Å²) in [6.07, 6.45) is 7.06. The first kappa shape index (κ1) is 11.8. The van der Waals surface area contributed by atoms with E-state index in [9.17, 15) is 4.79 Å². The van der Waals surface area contributed by atoms with E-state index in [2.05, 4.69) is 10.2 Å². The van der Waals surface area contributed by atoms with Crippen LogP contribution in [0, 0.1) is 11.8 Å². The SMILES string of the molecule is O=C(c1cn[nH]c1-c1ccco1)N1C[C@H]2CCC[C@H]2C1. The Morgan fingerprint density at radius 2 is 2.15 bits per heavy atom. The van der Waals surface area contributed by atoms with Crippen molar-refractivity contribution < 1.29 is 9.21 Å². The summed E-state index contributed by atoms with van der Waals surface area (Å²) in [6.45, 7) is 1.79. The van der Waals surface area contributed by atoms with Crippen molar-refractivity contribution in [1.29, 1.82) is 0 Å². The van der Waals surface area contributed by atoms with Crippen LogP contribution in [0.4, 0.5) is 0 Å². The smallest absolute Gasteiger partial charge is 0.257 e. The molecule has 0 unspecified atom stereocenters. The number of furan rings is 1. The lowest BCUT2D eigenvalue weighted by Gasteiger charge is -2.16. The molecule has 0 bridgehead atoms. The van der Waals surface area contributed by atoms with Gasteiger partial charge in [0.25, 0.3) is 5.91 Å². The van der Waals surface area contributed by atoms with Crippen LogP contribution in [0.5, 0.6) is 0 Å². The molecule has 0 aromatic carbocycles. The summed E-state index contributed by atoms with van der Waals surface area (Å²) in [5.74, 6) is 2.14. The Hall–Kier alpha value is -2.04. The first-order valence-corrected chi connectivity index (χ1v) is 7.19. The molecule has 2 aromatic heterocycles. The van der Waals surface area contributed by atoms with Gasteiger partial charge in [0.1, 0.15) is 5.69 Å². The van der Waals surface area contributed by atoms with E-state index >= 15 is 0 Å². The van der Waals surface area contributed by atoms with E-state index in [0.717, 1.165) is 13.1 Å². The van der Waals surface area contributed by atoms with Crippen LogP contribution >= 0.6 is 0 Å². The van der Waals surface area contributed by atoms with Crippen molar-refractivity contribution >= 4 is 5.91 Å². The number of aromatic amines is 1. The van der Waals surface area contributed by atoms with E-state index < -0.39 is 0 Å². The minimum atomic E-state index is 0.0690. The number of amides is 1. The Morgan fingerprint density at radius 1 is 1.35 bits per heavy atom. The van der Waals surface area contributed by atoms with Crippen molar-refractivity contribution in [2.45, 2.75) is 19.3 Å². The van der Waals surface area contributed by atoms with Crippen molar-refractivity contribution in [3.8, 4) is 11.5 Å². The summed E-state index contributed by atoms with van der Waals surface area (Å²) in [7, 11) is 0. The summed E-state index contributed by atoms with van der Waals surface area (Å²) in [6, 6.07) is 3.65. The van der Waals surface area contributed by atoms with Gasteiger partial charge in [-0.3, -0.25) is 9.89 Å². The second kappa shape index (κ2) is 4.51. The number of nitrogens with one attached hydrogen (secondary N) is 1. The van der Waals surface area contributed by atoms with Gasteiger partial charge in [-0.05, 0) is 36.8 Å². The van der Waals surface area contributed by atoms with Gasteiger partial charge in [-0.25, -0.2) is 0 Å². The van der Waals surface area contributed by atoms with Gasteiger partial charge in [-0.2, -0.15) is 5.10 Å². The number of carbonyl (C=O) groups is 1. The van der Waals surface area contributed by atoms with E-state index in [1.165, 1.54) is 19.3 Å². The molecule has 20 heavy (non-hydrogen) atoms. The third-order valence-electron chi connectivity index (χ3n) is 4.65. The molecule has 2 fully saturated rings. The summed E-state index contributed by atoms with van der Waals surface area (Å²) < 4.78 is 5.36. The zero-order valence-electron chi connectivity index (χ0n) is 11.2. The second-order valence-corrected chi connectivity index (χ2v) is 5.80. The zero-order chi connectivity index (χ0) is 13.5. The Morgan fingerprint density at radius 3 is 2.85 bits per heavy atom. The highest BCUT2D eigenvalue weighted by Gasteiger charge is 2.39. The molecule has 1 saturated carbocycles. The second-order valence-electron chi connectivity index (χ2n) is 5.80. The molecule has 3 heterocycles. The van der Waals surface area contributed by atoms with E-state index in [1.54, 1.807) is 12.5 Å². The molecule has 5 nitrogen and oxygen atoms in total. The van der Waals surface area contributed by atoms with Crippen LogP contribution in [-0.4, -0.2) is 34.1 Å². The Balaban J connectivity index is 1.59. The van der Waals surface area contributed by atoms with E-state index in [-0.39, 0.29) is 5.91 Å². The van der Waals surface area contributed by atoms with E-state index in [4.69, 9.17) is 4.42 Å². The predicted molar refractivity (Wildman–Crippen MR) is 73.0 cm³/mol. The van der Waals surface area contributed by atoms with Crippen molar-refractivity contribution in [2.75, 3.05) is 13.1 Å². The lowest BCUT2D eigenvalue weighted by molar-refractivity contribution is 0.0781. The third kappa shape index (κ3) is 1.77. The Kier molecular flexibility index (Phi) is 2.65. The average molecular weight is 271 g/mol. The maximum Gasteiger partial charge on any atom is 0.257 e. The molecular weight excluding hydrogens is 254 g/mol. The molecule has 0 spiro atoms. The van der Waals surface area contributed by atoms with Crippen molar-refractivity contribution in [2.24, 2.45) is 11.8 Å². The van der Waals surface area contributed by atoms with Gasteiger partial charge < -0.3 is 9.32 Å². The fourth-order valence-corrected chi connectivity index (χ4v) is 3.63. The van der Waals surface area contributed by atoms with Crippen LogP contribution < -0.4 is 0 Å². The highest BCUT2D eigenvalue weighted by molar-refractivity contribution is 5.99. The summed E-state index contributed by atoms with van der Waals surface area (Å²) in [5, 5.41) is 6.88. The number of likely N-dealkylation sites (tertiary alicyclic amines) is 1. The Bertz CT molecular complexity index is 605. The summed E-state index contributed by atoms with van der Waals surface area (Å²) in [5.41, 5.74) is 1.29. The predicted octanol–water partition coefficient (Wildman–Crippen LogP) is 2.54. The highest BCUT2D eigenvalue weighted by Crippen LogP contribution is 2.38. The fourth-order valence-electron chi connectivity index (χ4n) is 3.63. The molecule has 1 N–H and O–H groups in total.